The van der Waals surface area contributed by atoms with Crippen LogP contribution in [0.4, 0.5) is 5.69 Å². The number of halogens is 1. The third-order valence-electron chi connectivity index (χ3n) is 2.58. The maximum Gasteiger partial charge on any atom is 0.278 e. The molecule has 7 heteroatoms. The first-order chi connectivity index (χ1) is 10.1. The van der Waals surface area contributed by atoms with Crippen LogP contribution in [-0.2, 0) is 0 Å². The number of nitro groups is 1. The number of phenols is 1. The molecule has 21 heavy (non-hydrogen) atoms. The molecular formula is C14H10ClN3O3. The molecule has 2 rings (SSSR count). The zero-order valence-electron chi connectivity index (χ0n) is 10.7. The van der Waals surface area contributed by atoms with Crippen molar-refractivity contribution < 1.29 is 10.0 Å². The van der Waals surface area contributed by atoms with Crippen LogP contribution in [0.2, 0.25) is 5.02 Å². The lowest BCUT2D eigenvalue weighted by atomic mass is 10.2. The van der Waals surface area contributed by atoms with Gasteiger partial charge in [0.2, 0.25) is 0 Å². The molecule has 0 radical (unpaired) electrons. The van der Waals surface area contributed by atoms with Gasteiger partial charge in [-0.3, -0.25) is 10.1 Å². The van der Waals surface area contributed by atoms with Crippen molar-refractivity contribution in [2.24, 2.45) is 10.2 Å². The van der Waals surface area contributed by atoms with Gasteiger partial charge in [-0.15, -0.1) is 0 Å². The Bertz CT molecular complexity index is 729. The first kappa shape index (κ1) is 14.7. The Labute approximate surface area is 125 Å². The van der Waals surface area contributed by atoms with E-state index in [1.165, 1.54) is 36.7 Å². The number of para-hydroxylation sites is 1. The Morgan fingerprint density at radius 2 is 1.76 bits per heavy atom. The smallest absolute Gasteiger partial charge is 0.278 e. The first-order valence-electron chi connectivity index (χ1n) is 5.86. The quantitative estimate of drug-likeness (QED) is 0.533. The molecule has 106 valence electrons. The molecule has 0 heterocycles. The summed E-state index contributed by atoms with van der Waals surface area (Å²) in [6.07, 6.45) is 2.59. The first-order valence-corrected chi connectivity index (χ1v) is 6.24. The van der Waals surface area contributed by atoms with Gasteiger partial charge in [0, 0.05) is 16.7 Å². The van der Waals surface area contributed by atoms with Gasteiger partial charge in [-0.2, -0.15) is 10.2 Å². The molecule has 0 aromatic heterocycles. The summed E-state index contributed by atoms with van der Waals surface area (Å²) in [5.74, 6) is 0.0742. The largest absolute Gasteiger partial charge is 0.507 e. The zero-order valence-corrected chi connectivity index (χ0v) is 11.4. The fourth-order valence-corrected chi connectivity index (χ4v) is 1.76. The van der Waals surface area contributed by atoms with E-state index < -0.39 is 4.92 Å². The number of hydrogen-bond donors (Lipinski definition) is 1. The van der Waals surface area contributed by atoms with Crippen molar-refractivity contribution >= 4 is 29.7 Å². The second-order valence-corrected chi connectivity index (χ2v) is 4.44. The second-order valence-electron chi connectivity index (χ2n) is 4.01. The Balaban J connectivity index is 2.20. The number of aromatic hydroxyl groups is 1. The monoisotopic (exact) mass is 303 g/mol. The van der Waals surface area contributed by atoms with E-state index in [9.17, 15) is 15.2 Å². The molecule has 0 amide bonds. The van der Waals surface area contributed by atoms with Crippen molar-refractivity contribution in [2.75, 3.05) is 0 Å². The summed E-state index contributed by atoms with van der Waals surface area (Å²) in [7, 11) is 0. The molecule has 0 aliphatic carbocycles. The molecule has 0 fully saturated rings. The fraction of sp³-hybridized carbons (Fsp3) is 0. The van der Waals surface area contributed by atoms with Gasteiger partial charge in [-0.25, -0.2) is 0 Å². The third-order valence-corrected chi connectivity index (χ3v) is 2.82. The summed E-state index contributed by atoms with van der Waals surface area (Å²) >= 11 is 5.80. The number of nitro benzene ring substituents is 1. The van der Waals surface area contributed by atoms with E-state index in [1.807, 2.05) is 0 Å². The summed E-state index contributed by atoms with van der Waals surface area (Å²) in [4.78, 5) is 10.3. The van der Waals surface area contributed by atoms with Gasteiger partial charge in [0.05, 0.1) is 22.9 Å². The van der Waals surface area contributed by atoms with Crippen LogP contribution < -0.4 is 0 Å². The van der Waals surface area contributed by atoms with Gasteiger partial charge in [-0.05, 0) is 24.3 Å². The topological polar surface area (TPSA) is 88.1 Å². The average molecular weight is 304 g/mol. The zero-order chi connectivity index (χ0) is 15.2. The number of nitrogens with zero attached hydrogens (tertiary/aromatic N) is 3. The van der Waals surface area contributed by atoms with E-state index >= 15 is 0 Å². The van der Waals surface area contributed by atoms with Gasteiger partial charge in [0.25, 0.3) is 5.69 Å². The standard InChI is InChI=1S/C14H10ClN3O3/c15-12-5-6-13(18(20)21)11(7-12)9-17-16-8-10-3-1-2-4-14(10)19/h1-9,19H/b16-8+,17-9?. The highest BCUT2D eigenvalue weighted by Crippen LogP contribution is 2.21. The van der Waals surface area contributed by atoms with E-state index in [1.54, 1.807) is 18.2 Å². The lowest BCUT2D eigenvalue weighted by Gasteiger charge is -1.97. The van der Waals surface area contributed by atoms with Gasteiger partial charge < -0.3 is 5.11 Å². The Hall–Kier alpha value is -2.73. The summed E-state index contributed by atoms with van der Waals surface area (Å²) in [5.41, 5.74) is 0.637. The minimum atomic E-state index is -0.523. The normalized spacial score (nSPS) is 11.3. The SMILES string of the molecule is O=[N+]([O-])c1ccc(Cl)cc1C=N/N=C/c1ccccc1O. The van der Waals surface area contributed by atoms with Crippen molar-refractivity contribution in [3.05, 3.63) is 68.7 Å². The predicted molar refractivity (Wildman–Crippen MR) is 81.4 cm³/mol. The predicted octanol–water partition coefficient (Wildman–Crippen LogP) is 3.41. The Morgan fingerprint density at radius 1 is 1.10 bits per heavy atom. The van der Waals surface area contributed by atoms with E-state index in [2.05, 4.69) is 10.2 Å². The van der Waals surface area contributed by atoms with Crippen LogP contribution in [0.15, 0.2) is 52.7 Å². The van der Waals surface area contributed by atoms with E-state index in [4.69, 9.17) is 11.6 Å². The molecule has 0 saturated heterocycles. The van der Waals surface area contributed by atoms with Crippen LogP contribution in [0, 0.1) is 10.1 Å². The molecule has 0 unspecified atom stereocenters. The van der Waals surface area contributed by atoms with E-state index in [0.717, 1.165) is 0 Å². The summed E-state index contributed by atoms with van der Waals surface area (Å²) in [6.45, 7) is 0. The number of benzene rings is 2. The van der Waals surface area contributed by atoms with Crippen LogP contribution in [-0.4, -0.2) is 22.5 Å². The van der Waals surface area contributed by atoms with Crippen LogP contribution in [0.1, 0.15) is 11.1 Å². The molecule has 1 N–H and O–H groups in total. The van der Waals surface area contributed by atoms with Crippen molar-refractivity contribution in [3.63, 3.8) is 0 Å². The number of phenolic OH excluding ortho intramolecular Hbond substituents is 1. The molecular weight excluding hydrogens is 294 g/mol. The summed E-state index contributed by atoms with van der Waals surface area (Å²) in [6, 6.07) is 10.8. The van der Waals surface area contributed by atoms with Crippen LogP contribution in [0.3, 0.4) is 0 Å². The summed E-state index contributed by atoms with van der Waals surface area (Å²) in [5, 5.41) is 28.2. The number of hydrogen-bond acceptors (Lipinski definition) is 5. The van der Waals surface area contributed by atoms with Crippen molar-refractivity contribution in [1.82, 2.24) is 0 Å². The minimum Gasteiger partial charge on any atom is -0.507 e. The molecule has 6 nitrogen and oxygen atoms in total. The molecule has 0 atom stereocenters. The van der Waals surface area contributed by atoms with Crippen molar-refractivity contribution in [1.29, 1.82) is 0 Å². The van der Waals surface area contributed by atoms with Crippen LogP contribution >= 0.6 is 11.6 Å². The van der Waals surface area contributed by atoms with Crippen molar-refractivity contribution in [2.45, 2.75) is 0 Å². The molecule has 0 bridgehead atoms. The Morgan fingerprint density at radius 3 is 2.43 bits per heavy atom. The highest BCUT2D eigenvalue weighted by Gasteiger charge is 2.11. The van der Waals surface area contributed by atoms with Crippen molar-refractivity contribution in [3.8, 4) is 5.75 Å². The van der Waals surface area contributed by atoms with Gasteiger partial charge in [0.15, 0.2) is 0 Å². The second kappa shape index (κ2) is 6.62. The maximum absolute atomic E-state index is 10.9. The highest BCUT2D eigenvalue weighted by atomic mass is 35.5. The van der Waals surface area contributed by atoms with Crippen LogP contribution in [0.25, 0.3) is 0 Å². The molecule has 0 saturated carbocycles. The van der Waals surface area contributed by atoms with E-state index in [-0.39, 0.29) is 17.0 Å². The van der Waals surface area contributed by atoms with Gasteiger partial charge in [-0.1, -0.05) is 23.7 Å². The van der Waals surface area contributed by atoms with Gasteiger partial charge in [0.1, 0.15) is 5.75 Å². The molecule has 2 aromatic rings. The molecule has 2 aromatic carbocycles. The Kier molecular flexibility index (Phi) is 4.63. The third kappa shape index (κ3) is 3.87. The average Bonchev–Trinajstić information content (AvgIpc) is 2.45. The molecule has 0 aliphatic rings. The lowest BCUT2D eigenvalue weighted by molar-refractivity contribution is -0.385. The highest BCUT2D eigenvalue weighted by molar-refractivity contribution is 6.31. The maximum atomic E-state index is 10.9. The molecule has 0 spiro atoms. The fourth-order valence-electron chi connectivity index (χ4n) is 1.58. The van der Waals surface area contributed by atoms with E-state index in [0.29, 0.717) is 10.6 Å². The minimum absolute atomic E-state index is 0.0742. The molecule has 0 aliphatic heterocycles. The summed E-state index contributed by atoms with van der Waals surface area (Å²) < 4.78 is 0. The number of rotatable bonds is 4. The lowest BCUT2D eigenvalue weighted by Crippen LogP contribution is -1.94. The van der Waals surface area contributed by atoms with Crippen LogP contribution in [0.5, 0.6) is 5.75 Å². The van der Waals surface area contributed by atoms with Gasteiger partial charge >= 0.3 is 0 Å².